The Balaban J connectivity index is 0.000000868. The number of hydrogen-bond donors (Lipinski definition) is 2. The molecule has 0 amide bonds. The van der Waals surface area contributed by atoms with Gasteiger partial charge in [-0.25, -0.2) is 0 Å². The van der Waals surface area contributed by atoms with Gasteiger partial charge in [-0.2, -0.15) is 0 Å². The monoisotopic (exact) mass is 1180 g/mol. The Morgan fingerprint density at radius 3 is 0.976 bits per heavy atom. The van der Waals surface area contributed by atoms with Crippen molar-refractivity contribution in [3.63, 3.8) is 0 Å². The summed E-state index contributed by atoms with van der Waals surface area (Å²) in [6, 6.07) is 84.6. The first kappa shape index (κ1) is 57.0. The van der Waals surface area contributed by atoms with Crippen LogP contribution in [0.1, 0.15) is 36.8 Å². The standard InChI is InChI=1S/C72H54N2O2.F6P.Mn/c75-71-57(43-55-23-9-13-27-61(55)69(71)67-59-25-11-7-21-51(59)39-41-63(67)53-35-31-49(32-36-53)47-17-3-1-4-18-47)45-73-65-29-15-16-30-66(65)74-46-58-44-56-24-10-14-28-62(56)70(72(58)76)68-60-26-12-8-22-52(60)40-42-64(68)54-37-33-50(34-38-54)48-19-5-2-6-20-48;1-7(2,3,4,5)6;/h1-14,17-28,31-46,65-66,75-76H,15-16,29-30H2;;/q;-1;/t65-,66-;;/m0../s1. The van der Waals surface area contributed by atoms with Crippen molar-refractivity contribution >= 4 is 63.3 Å². The number of halogens is 6. The van der Waals surface area contributed by atoms with Gasteiger partial charge in [0.15, 0.2) is 0 Å². The van der Waals surface area contributed by atoms with Gasteiger partial charge >= 0.3 is 33.0 Å². The molecular formula is C72H54F6MnN2O2P-. The minimum Gasteiger partial charge on any atom is -0.507 e. The second-order valence-electron chi connectivity index (χ2n) is 21.1. The molecule has 0 aliphatic heterocycles. The van der Waals surface area contributed by atoms with Gasteiger partial charge in [0.2, 0.25) is 0 Å². The van der Waals surface area contributed by atoms with Crippen molar-refractivity contribution in [3.8, 4) is 78.3 Å². The largest absolute Gasteiger partial charge is 0.507 e. The number of phenolic OH excluding ortho intramolecular Hbond substituents is 2. The molecule has 0 spiro atoms. The predicted octanol–water partition coefficient (Wildman–Crippen LogP) is 21.9. The number of aliphatic imine (C=N–C) groups is 2. The quantitative estimate of drug-likeness (QED) is 0.0620. The van der Waals surface area contributed by atoms with Crippen LogP contribution in [-0.4, -0.2) is 34.7 Å². The van der Waals surface area contributed by atoms with Gasteiger partial charge in [-0.15, -0.1) is 0 Å². The number of rotatable bonds is 10. The predicted molar refractivity (Wildman–Crippen MR) is 334 cm³/mol. The smallest absolute Gasteiger partial charge is 0.132 e. The van der Waals surface area contributed by atoms with E-state index in [9.17, 15) is 35.4 Å². The van der Waals surface area contributed by atoms with E-state index < -0.39 is 7.81 Å². The van der Waals surface area contributed by atoms with Crippen LogP contribution in [0.3, 0.4) is 0 Å². The Hall–Kier alpha value is -8.85. The molecule has 1 aliphatic carbocycles. The molecule has 0 saturated heterocycles. The van der Waals surface area contributed by atoms with Crippen LogP contribution >= 0.6 is 7.81 Å². The number of aromatic hydroxyl groups is 2. The summed E-state index contributed by atoms with van der Waals surface area (Å²) in [6.45, 7) is 0. The molecule has 12 aromatic carbocycles. The van der Waals surface area contributed by atoms with E-state index in [-0.39, 0.29) is 40.7 Å². The van der Waals surface area contributed by atoms with Crippen LogP contribution in [0.25, 0.3) is 110 Å². The summed E-state index contributed by atoms with van der Waals surface area (Å²) in [6.07, 6.45) is 7.56. The molecule has 1 fully saturated rings. The average Bonchev–Trinajstić information content (AvgIpc) is 1.34. The van der Waals surface area contributed by atoms with Crippen molar-refractivity contribution in [1.82, 2.24) is 0 Å². The summed E-state index contributed by atoms with van der Waals surface area (Å²) in [5.41, 5.74) is 13.8. The number of fused-ring (bicyclic) bond motifs is 4. The van der Waals surface area contributed by atoms with Gasteiger partial charge in [-0.3, -0.25) is 9.98 Å². The van der Waals surface area contributed by atoms with Crippen molar-refractivity contribution in [2.75, 3.05) is 0 Å². The first-order valence-electron chi connectivity index (χ1n) is 27.5. The topological polar surface area (TPSA) is 65.2 Å². The fraction of sp³-hybridized carbons (Fsp3) is 0.0833. The molecule has 1 aliphatic rings. The fourth-order valence-electron chi connectivity index (χ4n) is 11.7. The molecule has 2 atom stereocenters. The maximum absolute atomic E-state index is 12.7. The molecule has 0 aromatic heterocycles. The van der Waals surface area contributed by atoms with Crippen molar-refractivity contribution < 1.29 is 52.5 Å². The zero-order valence-electron chi connectivity index (χ0n) is 45.1. The zero-order chi connectivity index (χ0) is 57.4. The minimum absolute atomic E-state index is 0. The van der Waals surface area contributed by atoms with Crippen LogP contribution in [0.15, 0.2) is 253 Å². The van der Waals surface area contributed by atoms with E-state index in [1.165, 1.54) is 11.1 Å². The summed E-state index contributed by atoms with van der Waals surface area (Å²) < 4.78 is 59.2. The molecule has 0 bridgehead atoms. The van der Waals surface area contributed by atoms with Crippen LogP contribution in [0.4, 0.5) is 25.2 Å². The maximum atomic E-state index is 12.7. The van der Waals surface area contributed by atoms with E-state index in [2.05, 4.69) is 218 Å². The second-order valence-corrected chi connectivity index (χ2v) is 23.0. The number of phenols is 2. The van der Waals surface area contributed by atoms with Crippen molar-refractivity contribution in [2.45, 2.75) is 37.8 Å². The molecule has 1 saturated carbocycles. The molecule has 13 rings (SSSR count). The van der Waals surface area contributed by atoms with E-state index in [0.717, 1.165) is 124 Å². The maximum Gasteiger partial charge on any atom is 0.132 e. The molecule has 4 nitrogen and oxygen atoms in total. The fourth-order valence-corrected chi connectivity index (χ4v) is 11.7. The molecular weight excluding hydrogens is 1120 g/mol. The Morgan fingerprint density at radius 1 is 0.333 bits per heavy atom. The molecule has 1 radical (unpaired) electrons. The van der Waals surface area contributed by atoms with Crippen LogP contribution in [-0.2, 0) is 17.1 Å². The zero-order valence-corrected chi connectivity index (χ0v) is 47.2. The van der Waals surface area contributed by atoms with E-state index in [0.29, 0.717) is 11.1 Å². The third-order valence-corrected chi connectivity index (χ3v) is 15.6. The average molecular weight is 1180 g/mol. The third-order valence-electron chi connectivity index (χ3n) is 15.6. The Morgan fingerprint density at radius 2 is 0.619 bits per heavy atom. The van der Waals surface area contributed by atoms with Crippen molar-refractivity contribution in [3.05, 3.63) is 254 Å². The van der Waals surface area contributed by atoms with E-state index >= 15 is 0 Å². The summed E-state index contributed by atoms with van der Waals surface area (Å²) in [7, 11) is -10.7. The van der Waals surface area contributed by atoms with E-state index in [1.807, 2.05) is 36.7 Å². The number of hydrogen-bond acceptors (Lipinski definition) is 4. The summed E-state index contributed by atoms with van der Waals surface area (Å²) >= 11 is 0. The number of benzene rings is 12. The van der Waals surface area contributed by atoms with Gasteiger partial charge in [0.05, 0.1) is 12.1 Å². The molecule has 12 heteroatoms. The Kier molecular flexibility index (Phi) is 15.4. The normalized spacial score (nSPS) is 15.4. The molecule has 419 valence electrons. The van der Waals surface area contributed by atoms with Crippen molar-refractivity contribution in [1.29, 1.82) is 0 Å². The van der Waals surface area contributed by atoms with Gasteiger partial charge in [-0.05, 0) is 113 Å². The van der Waals surface area contributed by atoms with Crippen LogP contribution < -0.4 is 0 Å². The Labute approximate surface area is 492 Å². The Bertz CT molecular complexity index is 4180. The summed E-state index contributed by atoms with van der Waals surface area (Å²) in [4.78, 5) is 10.6. The molecule has 84 heavy (non-hydrogen) atoms. The van der Waals surface area contributed by atoms with E-state index in [1.54, 1.807) is 0 Å². The van der Waals surface area contributed by atoms with E-state index in [4.69, 9.17) is 9.98 Å². The van der Waals surface area contributed by atoms with Crippen LogP contribution in [0.5, 0.6) is 11.5 Å². The molecule has 0 heterocycles. The first-order valence-corrected chi connectivity index (χ1v) is 29.5. The van der Waals surface area contributed by atoms with Gasteiger partial charge in [0.25, 0.3) is 0 Å². The summed E-state index contributed by atoms with van der Waals surface area (Å²) in [5.74, 6) is 0.399. The van der Waals surface area contributed by atoms with Gasteiger partial charge < -0.3 is 10.2 Å². The van der Waals surface area contributed by atoms with Gasteiger partial charge in [0, 0.05) is 62.9 Å². The van der Waals surface area contributed by atoms with Crippen molar-refractivity contribution in [2.24, 2.45) is 9.98 Å². The molecule has 12 aromatic rings. The van der Waals surface area contributed by atoms with Crippen LogP contribution in [0.2, 0.25) is 0 Å². The second kappa shape index (κ2) is 22.7. The van der Waals surface area contributed by atoms with Gasteiger partial charge in [-0.1, -0.05) is 243 Å². The SMILES string of the molecule is F[P-](F)(F)(F)(F)F.Oc1c(C=N[C@H]2CCCC[C@@H]2N=Cc2cc3ccccc3c(-c3c(-c4ccc(-c5ccccc5)cc4)ccc4ccccc34)c2O)cc2ccccc2c1-c1c(-c2ccc(-c3ccccc3)cc2)ccc2ccccc12.[Mn]. The summed E-state index contributed by atoms with van der Waals surface area (Å²) in [5, 5.41) is 33.8. The minimum atomic E-state index is -10.7. The first-order chi connectivity index (χ1) is 40.0. The van der Waals surface area contributed by atoms with Gasteiger partial charge in [0.1, 0.15) is 11.5 Å². The van der Waals surface area contributed by atoms with Crippen LogP contribution in [0, 0.1) is 0 Å². The number of nitrogens with zero attached hydrogens (tertiary/aromatic N) is 2. The molecule has 0 unspecified atom stereocenters. The third kappa shape index (κ3) is 12.6. The molecule has 2 N–H and O–H groups in total.